The van der Waals surface area contributed by atoms with Crippen LogP contribution in [0, 0.1) is 11.6 Å². The first-order chi connectivity index (χ1) is 6.35. The van der Waals surface area contributed by atoms with Crippen LogP contribution in [0.25, 0.3) is 0 Å². The zero-order valence-corrected chi connectivity index (χ0v) is 7.55. The molecular formula is C9H10F2N2O. The molecule has 0 heterocycles. The standard InChI is InChI=1S/C9H10F2N2O/c1-9(13,8(12)14)6-3-2-5(10)4-7(6)11/h2-4H,13H2,1H3,(H2,12,14). The number of halogens is 2. The number of hydrogen-bond donors (Lipinski definition) is 2. The van der Waals surface area contributed by atoms with Gasteiger partial charge in [0.25, 0.3) is 0 Å². The third kappa shape index (κ3) is 1.72. The fraction of sp³-hybridized carbons (Fsp3) is 0.222. The van der Waals surface area contributed by atoms with Crippen LogP contribution in [0.1, 0.15) is 12.5 Å². The summed E-state index contributed by atoms with van der Waals surface area (Å²) >= 11 is 0. The van der Waals surface area contributed by atoms with Crippen molar-refractivity contribution in [3.05, 3.63) is 35.4 Å². The highest BCUT2D eigenvalue weighted by atomic mass is 19.1. The molecule has 1 atom stereocenters. The van der Waals surface area contributed by atoms with Gasteiger partial charge in [0.1, 0.15) is 17.2 Å². The van der Waals surface area contributed by atoms with Crippen LogP contribution >= 0.6 is 0 Å². The van der Waals surface area contributed by atoms with Crippen LogP contribution in [0.3, 0.4) is 0 Å². The van der Waals surface area contributed by atoms with Crippen molar-refractivity contribution in [2.45, 2.75) is 12.5 Å². The van der Waals surface area contributed by atoms with Crippen molar-refractivity contribution in [3.63, 3.8) is 0 Å². The second-order valence-corrected chi connectivity index (χ2v) is 3.19. The fourth-order valence-electron chi connectivity index (χ4n) is 1.04. The molecular weight excluding hydrogens is 190 g/mol. The minimum atomic E-state index is -1.63. The molecule has 1 amide bonds. The highest BCUT2D eigenvalue weighted by Crippen LogP contribution is 2.21. The van der Waals surface area contributed by atoms with Gasteiger partial charge in [-0.25, -0.2) is 8.78 Å². The summed E-state index contributed by atoms with van der Waals surface area (Å²) in [5.74, 6) is -2.48. The Kier molecular flexibility index (Phi) is 2.53. The van der Waals surface area contributed by atoms with Crippen molar-refractivity contribution < 1.29 is 13.6 Å². The lowest BCUT2D eigenvalue weighted by Crippen LogP contribution is -2.47. The molecule has 0 fully saturated rings. The molecule has 0 saturated carbocycles. The lowest BCUT2D eigenvalue weighted by Gasteiger charge is -2.21. The summed E-state index contributed by atoms with van der Waals surface area (Å²) in [6.45, 7) is 1.27. The molecule has 0 aliphatic heterocycles. The summed E-state index contributed by atoms with van der Waals surface area (Å²) in [5.41, 5.74) is 8.73. The predicted octanol–water partition coefficient (Wildman–Crippen LogP) is 0.624. The van der Waals surface area contributed by atoms with Gasteiger partial charge < -0.3 is 11.5 Å². The average molecular weight is 200 g/mol. The number of amides is 1. The number of carbonyl (C=O) groups is 1. The molecule has 5 heteroatoms. The summed E-state index contributed by atoms with van der Waals surface area (Å²) in [4.78, 5) is 10.9. The van der Waals surface area contributed by atoms with Crippen molar-refractivity contribution in [1.29, 1.82) is 0 Å². The van der Waals surface area contributed by atoms with E-state index in [1.165, 1.54) is 6.92 Å². The maximum Gasteiger partial charge on any atom is 0.241 e. The molecule has 1 unspecified atom stereocenters. The van der Waals surface area contributed by atoms with Gasteiger partial charge in [0.2, 0.25) is 5.91 Å². The van der Waals surface area contributed by atoms with E-state index in [1.54, 1.807) is 0 Å². The van der Waals surface area contributed by atoms with E-state index < -0.39 is 23.1 Å². The topological polar surface area (TPSA) is 69.1 Å². The van der Waals surface area contributed by atoms with Gasteiger partial charge in [-0.05, 0) is 13.0 Å². The van der Waals surface area contributed by atoms with Crippen LogP contribution in [0.2, 0.25) is 0 Å². The zero-order chi connectivity index (χ0) is 10.9. The van der Waals surface area contributed by atoms with Gasteiger partial charge in [0.15, 0.2) is 0 Å². The molecule has 3 nitrogen and oxygen atoms in total. The first-order valence-electron chi connectivity index (χ1n) is 3.90. The first-order valence-corrected chi connectivity index (χ1v) is 3.90. The minimum absolute atomic E-state index is 0.119. The highest BCUT2D eigenvalue weighted by Gasteiger charge is 2.31. The highest BCUT2D eigenvalue weighted by molar-refractivity contribution is 5.85. The Morgan fingerprint density at radius 3 is 2.43 bits per heavy atom. The quantitative estimate of drug-likeness (QED) is 0.734. The van der Waals surface area contributed by atoms with E-state index in [0.29, 0.717) is 6.07 Å². The third-order valence-corrected chi connectivity index (χ3v) is 2.00. The Morgan fingerprint density at radius 2 is 2.00 bits per heavy atom. The van der Waals surface area contributed by atoms with Crippen LogP contribution in [-0.4, -0.2) is 5.91 Å². The Balaban J connectivity index is 3.26. The minimum Gasteiger partial charge on any atom is -0.368 e. The van der Waals surface area contributed by atoms with E-state index in [4.69, 9.17) is 11.5 Å². The van der Waals surface area contributed by atoms with Crippen molar-refractivity contribution in [3.8, 4) is 0 Å². The largest absolute Gasteiger partial charge is 0.368 e. The fourth-order valence-corrected chi connectivity index (χ4v) is 1.04. The van der Waals surface area contributed by atoms with Crippen LogP contribution < -0.4 is 11.5 Å². The van der Waals surface area contributed by atoms with E-state index in [2.05, 4.69) is 0 Å². The van der Waals surface area contributed by atoms with Crippen molar-refractivity contribution in [1.82, 2.24) is 0 Å². The van der Waals surface area contributed by atoms with Crippen LogP contribution in [0.4, 0.5) is 8.78 Å². The summed E-state index contributed by atoms with van der Waals surface area (Å²) in [5, 5.41) is 0. The molecule has 0 spiro atoms. The Morgan fingerprint density at radius 1 is 1.43 bits per heavy atom. The molecule has 0 aromatic heterocycles. The molecule has 0 radical (unpaired) electrons. The van der Waals surface area contributed by atoms with Crippen LogP contribution in [0.5, 0.6) is 0 Å². The summed E-state index contributed by atoms with van der Waals surface area (Å²) < 4.78 is 25.7. The van der Waals surface area contributed by atoms with Gasteiger partial charge in [0, 0.05) is 11.6 Å². The second-order valence-electron chi connectivity index (χ2n) is 3.19. The van der Waals surface area contributed by atoms with Crippen molar-refractivity contribution >= 4 is 5.91 Å². The third-order valence-electron chi connectivity index (χ3n) is 2.00. The summed E-state index contributed by atoms with van der Waals surface area (Å²) in [6, 6.07) is 2.78. The van der Waals surface area contributed by atoms with Crippen molar-refractivity contribution in [2.24, 2.45) is 11.5 Å². The molecule has 0 bridgehead atoms. The molecule has 14 heavy (non-hydrogen) atoms. The van der Waals surface area contributed by atoms with Gasteiger partial charge in [-0.2, -0.15) is 0 Å². The first kappa shape index (κ1) is 10.6. The molecule has 1 aromatic carbocycles. The van der Waals surface area contributed by atoms with Crippen molar-refractivity contribution in [2.75, 3.05) is 0 Å². The molecule has 1 rings (SSSR count). The lowest BCUT2D eigenvalue weighted by atomic mass is 9.92. The van der Waals surface area contributed by atoms with Gasteiger partial charge in [-0.15, -0.1) is 0 Å². The smallest absolute Gasteiger partial charge is 0.241 e. The molecule has 76 valence electrons. The van der Waals surface area contributed by atoms with E-state index in [1.807, 2.05) is 0 Å². The monoisotopic (exact) mass is 200 g/mol. The molecule has 0 saturated heterocycles. The van der Waals surface area contributed by atoms with Gasteiger partial charge in [-0.3, -0.25) is 4.79 Å². The number of hydrogen-bond acceptors (Lipinski definition) is 2. The molecule has 0 aliphatic carbocycles. The number of primary amides is 1. The number of benzene rings is 1. The molecule has 4 N–H and O–H groups in total. The Bertz CT molecular complexity index is 377. The van der Waals surface area contributed by atoms with Gasteiger partial charge in [0.05, 0.1) is 0 Å². The predicted molar refractivity (Wildman–Crippen MR) is 47.1 cm³/mol. The lowest BCUT2D eigenvalue weighted by molar-refractivity contribution is -0.122. The maximum absolute atomic E-state index is 13.2. The van der Waals surface area contributed by atoms with E-state index in [9.17, 15) is 13.6 Å². The normalized spacial score (nSPS) is 14.9. The van der Waals surface area contributed by atoms with Gasteiger partial charge in [-0.1, -0.05) is 6.07 Å². The Labute approximate surface area is 79.7 Å². The maximum atomic E-state index is 13.2. The van der Waals surface area contributed by atoms with Crippen LogP contribution in [0.15, 0.2) is 18.2 Å². The van der Waals surface area contributed by atoms with E-state index in [0.717, 1.165) is 12.1 Å². The number of nitrogens with two attached hydrogens (primary N) is 2. The Hall–Kier alpha value is -1.49. The number of rotatable bonds is 2. The molecule has 1 aromatic rings. The average Bonchev–Trinajstić information content (AvgIpc) is 2.02. The summed E-state index contributed by atoms with van der Waals surface area (Å²) in [6.07, 6.45) is 0. The second kappa shape index (κ2) is 3.34. The van der Waals surface area contributed by atoms with E-state index >= 15 is 0 Å². The van der Waals surface area contributed by atoms with Gasteiger partial charge >= 0.3 is 0 Å². The SMILES string of the molecule is CC(N)(C(N)=O)c1ccc(F)cc1F. The number of carbonyl (C=O) groups excluding carboxylic acids is 1. The van der Waals surface area contributed by atoms with E-state index in [-0.39, 0.29) is 5.56 Å². The zero-order valence-electron chi connectivity index (χ0n) is 7.55. The molecule has 0 aliphatic rings. The van der Waals surface area contributed by atoms with Crippen LogP contribution in [-0.2, 0) is 10.3 Å². The summed E-state index contributed by atoms with van der Waals surface area (Å²) in [7, 11) is 0.